The maximum Gasteiger partial charge on any atom is 0.166 e. The highest BCUT2D eigenvalue weighted by molar-refractivity contribution is 5.97. The van der Waals surface area contributed by atoms with Gasteiger partial charge in [0.1, 0.15) is 0 Å². The molecule has 1 unspecified atom stereocenters. The van der Waals surface area contributed by atoms with E-state index in [1.165, 1.54) is 0 Å². The number of carbonyl (C=O) groups excluding carboxylic acids is 1. The predicted octanol–water partition coefficient (Wildman–Crippen LogP) is 1.70. The Balaban J connectivity index is 2.46. The third-order valence-corrected chi connectivity index (χ3v) is 2.20. The van der Waals surface area contributed by atoms with Crippen molar-refractivity contribution in [3.63, 3.8) is 0 Å². The van der Waals surface area contributed by atoms with Gasteiger partial charge in [-0.25, -0.2) is 0 Å². The van der Waals surface area contributed by atoms with Crippen LogP contribution in [0.5, 0.6) is 0 Å². The minimum atomic E-state index is -0.0254. The van der Waals surface area contributed by atoms with Gasteiger partial charge in [-0.3, -0.25) is 10.1 Å². The molecule has 3 heteroatoms. The fourth-order valence-electron chi connectivity index (χ4n) is 1.36. The van der Waals surface area contributed by atoms with E-state index in [1.807, 2.05) is 37.3 Å². The summed E-state index contributed by atoms with van der Waals surface area (Å²) in [6.45, 7) is 3.03. The van der Waals surface area contributed by atoms with Crippen LogP contribution in [0.15, 0.2) is 30.3 Å². The average molecular weight is 207 g/mol. The lowest BCUT2D eigenvalue weighted by Crippen LogP contribution is -2.27. The van der Waals surface area contributed by atoms with Crippen LogP contribution in [0.3, 0.4) is 0 Å². The highest BCUT2D eigenvalue weighted by Gasteiger charge is 2.13. The molecule has 0 bridgehead atoms. The van der Waals surface area contributed by atoms with Crippen LogP contribution in [0.2, 0.25) is 0 Å². The smallest absolute Gasteiger partial charge is 0.166 e. The molecular formula is C12H17NO2. The van der Waals surface area contributed by atoms with Crippen molar-refractivity contribution in [3.05, 3.63) is 35.9 Å². The quantitative estimate of drug-likeness (QED) is 0.438. The second-order valence-corrected chi connectivity index (χ2v) is 3.52. The first-order valence-electron chi connectivity index (χ1n) is 5.04. The molecule has 0 aliphatic carbocycles. The van der Waals surface area contributed by atoms with Gasteiger partial charge in [0.25, 0.3) is 0 Å². The lowest BCUT2D eigenvalue weighted by atomic mass is 9.99. The van der Waals surface area contributed by atoms with Crippen LogP contribution in [0, 0.1) is 5.92 Å². The summed E-state index contributed by atoms with van der Waals surface area (Å²) >= 11 is 0. The first kappa shape index (κ1) is 11.9. The molecule has 1 aromatic carbocycles. The molecule has 1 N–H and O–H groups in total. The molecule has 0 aromatic heterocycles. The minimum Gasteiger partial charge on any atom is -0.370 e. The van der Waals surface area contributed by atoms with Crippen molar-refractivity contribution < 1.29 is 9.53 Å². The first-order chi connectivity index (χ1) is 7.25. The van der Waals surface area contributed by atoms with Crippen LogP contribution in [-0.4, -0.2) is 26.2 Å². The molecule has 1 atom stereocenters. The van der Waals surface area contributed by atoms with Gasteiger partial charge in [-0.15, -0.1) is 0 Å². The number of ether oxygens (including phenoxy) is 1. The molecule has 0 spiro atoms. The van der Waals surface area contributed by atoms with Crippen molar-refractivity contribution in [1.82, 2.24) is 5.32 Å². The normalized spacial score (nSPS) is 12.4. The van der Waals surface area contributed by atoms with Crippen LogP contribution in [0.25, 0.3) is 0 Å². The van der Waals surface area contributed by atoms with Gasteiger partial charge in [-0.1, -0.05) is 37.3 Å². The van der Waals surface area contributed by atoms with Gasteiger partial charge >= 0.3 is 0 Å². The van der Waals surface area contributed by atoms with E-state index in [0.717, 1.165) is 5.56 Å². The molecule has 1 rings (SSSR count). The van der Waals surface area contributed by atoms with Crippen LogP contribution in [0.1, 0.15) is 17.3 Å². The number of methoxy groups -OCH3 is 1. The Morgan fingerprint density at radius 2 is 2.07 bits per heavy atom. The summed E-state index contributed by atoms with van der Waals surface area (Å²) in [5, 5.41) is 3.04. The fourth-order valence-corrected chi connectivity index (χ4v) is 1.36. The summed E-state index contributed by atoms with van der Waals surface area (Å²) in [6.07, 6.45) is 0. The summed E-state index contributed by atoms with van der Waals surface area (Å²) in [7, 11) is 1.62. The summed E-state index contributed by atoms with van der Waals surface area (Å²) in [5.74, 6) is 0.141. The Bertz CT molecular complexity index is 298. The van der Waals surface area contributed by atoms with Gasteiger partial charge in [0.15, 0.2) is 5.78 Å². The monoisotopic (exact) mass is 207 g/mol. The summed E-state index contributed by atoms with van der Waals surface area (Å²) < 4.78 is 4.86. The molecule has 0 aliphatic heterocycles. The van der Waals surface area contributed by atoms with E-state index in [0.29, 0.717) is 13.3 Å². The van der Waals surface area contributed by atoms with Gasteiger partial charge in [-0.05, 0) is 0 Å². The van der Waals surface area contributed by atoms with Crippen LogP contribution >= 0.6 is 0 Å². The van der Waals surface area contributed by atoms with Gasteiger partial charge < -0.3 is 4.74 Å². The van der Waals surface area contributed by atoms with Crippen LogP contribution in [0.4, 0.5) is 0 Å². The van der Waals surface area contributed by atoms with Crippen LogP contribution < -0.4 is 5.32 Å². The average Bonchev–Trinajstić information content (AvgIpc) is 2.29. The number of Topliss-reactive ketones (excluding diaryl/α,β-unsaturated/α-hetero) is 1. The molecule has 82 valence electrons. The minimum absolute atomic E-state index is 0.0254. The zero-order valence-electron chi connectivity index (χ0n) is 9.19. The Morgan fingerprint density at radius 3 is 2.67 bits per heavy atom. The van der Waals surface area contributed by atoms with E-state index in [-0.39, 0.29) is 11.7 Å². The lowest BCUT2D eigenvalue weighted by Gasteiger charge is -2.11. The van der Waals surface area contributed by atoms with Gasteiger partial charge in [-0.2, -0.15) is 0 Å². The lowest BCUT2D eigenvalue weighted by molar-refractivity contribution is 0.0917. The molecule has 0 aliphatic rings. The number of nitrogens with one attached hydrogen (secondary N) is 1. The summed E-state index contributed by atoms with van der Waals surface area (Å²) in [6, 6.07) is 9.35. The molecule has 0 amide bonds. The van der Waals surface area contributed by atoms with E-state index in [4.69, 9.17) is 4.74 Å². The summed E-state index contributed by atoms with van der Waals surface area (Å²) in [5.41, 5.74) is 0.768. The Morgan fingerprint density at radius 1 is 1.40 bits per heavy atom. The topological polar surface area (TPSA) is 38.3 Å². The second kappa shape index (κ2) is 6.32. The molecular weight excluding hydrogens is 190 g/mol. The zero-order chi connectivity index (χ0) is 11.1. The number of rotatable bonds is 6. The van der Waals surface area contributed by atoms with Crippen molar-refractivity contribution in [2.45, 2.75) is 6.92 Å². The van der Waals surface area contributed by atoms with Gasteiger partial charge in [0.05, 0.1) is 6.73 Å². The Hall–Kier alpha value is -1.19. The molecule has 3 nitrogen and oxygen atoms in total. The SMILES string of the molecule is COCNCC(C)C(=O)c1ccccc1. The summed E-state index contributed by atoms with van der Waals surface area (Å²) in [4.78, 5) is 11.9. The number of ketones is 1. The molecule has 0 saturated carbocycles. The molecule has 0 radical (unpaired) electrons. The molecule has 15 heavy (non-hydrogen) atoms. The van der Waals surface area contributed by atoms with E-state index < -0.39 is 0 Å². The van der Waals surface area contributed by atoms with E-state index >= 15 is 0 Å². The molecule has 0 saturated heterocycles. The van der Waals surface area contributed by atoms with Gasteiger partial charge in [0.2, 0.25) is 0 Å². The molecule has 0 fully saturated rings. The molecule has 0 heterocycles. The number of hydrogen-bond acceptors (Lipinski definition) is 3. The van der Waals surface area contributed by atoms with Crippen molar-refractivity contribution in [1.29, 1.82) is 0 Å². The van der Waals surface area contributed by atoms with Gasteiger partial charge in [0, 0.05) is 25.1 Å². The van der Waals surface area contributed by atoms with E-state index in [2.05, 4.69) is 5.32 Å². The van der Waals surface area contributed by atoms with Crippen LogP contribution in [-0.2, 0) is 4.74 Å². The van der Waals surface area contributed by atoms with E-state index in [1.54, 1.807) is 7.11 Å². The first-order valence-corrected chi connectivity index (χ1v) is 5.04. The Kier molecular flexibility index (Phi) is 5.01. The van der Waals surface area contributed by atoms with Crippen molar-refractivity contribution in [2.75, 3.05) is 20.4 Å². The van der Waals surface area contributed by atoms with Crippen molar-refractivity contribution in [3.8, 4) is 0 Å². The number of carbonyl (C=O) groups is 1. The third-order valence-electron chi connectivity index (χ3n) is 2.20. The fraction of sp³-hybridized carbons (Fsp3) is 0.417. The zero-order valence-corrected chi connectivity index (χ0v) is 9.19. The largest absolute Gasteiger partial charge is 0.370 e. The number of hydrogen-bond donors (Lipinski definition) is 1. The Labute approximate surface area is 90.4 Å². The standard InChI is InChI=1S/C12H17NO2/c1-10(8-13-9-15-2)12(14)11-6-4-3-5-7-11/h3-7,10,13H,8-9H2,1-2H3. The highest BCUT2D eigenvalue weighted by atomic mass is 16.5. The molecule has 1 aromatic rings. The van der Waals surface area contributed by atoms with Crippen molar-refractivity contribution in [2.24, 2.45) is 5.92 Å². The predicted molar refractivity (Wildman–Crippen MR) is 59.8 cm³/mol. The maximum absolute atomic E-state index is 11.9. The highest BCUT2D eigenvalue weighted by Crippen LogP contribution is 2.07. The second-order valence-electron chi connectivity index (χ2n) is 3.52. The third kappa shape index (κ3) is 3.81. The van der Waals surface area contributed by atoms with Crippen molar-refractivity contribution >= 4 is 5.78 Å². The van der Waals surface area contributed by atoms with E-state index in [9.17, 15) is 4.79 Å². The maximum atomic E-state index is 11.9. The number of benzene rings is 1.